The summed E-state index contributed by atoms with van der Waals surface area (Å²) in [5, 5.41) is 11.3. The number of carboxylic acids is 1. The van der Waals surface area contributed by atoms with Gasteiger partial charge in [-0.2, -0.15) is 0 Å². The Hall–Kier alpha value is -1.10. The molecule has 5 nitrogen and oxygen atoms in total. The fourth-order valence-corrected chi connectivity index (χ4v) is 1.24. The Morgan fingerprint density at radius 3 is 2.38 bits per heavy atom. The number of aliphatic carboxylic acids is 1. The van der Waals surface area contributed by atoms with Crippen LogP contribution in [0.15, 0.2) is 0 Å². The van der Waals surface area contributed by atoms with Gasteiger partial charge in [0.05, 0.1) is 6.04 Å². The Morgan fingerprint density at radius 2 is 1.94 bits per heavy atom. The third kappa shape index (κ3) is 5.70. The van der Waals surface area contributed by atoms with Gasteiger partial charge in [0.1, 0.15) is 0 Å². The van der Waals surface area contributed by atoms with Crippen LogP contribution in [0.25, 0.3) is 0 Å². The number of nitrogens with two attached hydrogens (primary N) is 1. The van der Waals surface area contributed by atoms with E-state index in [2.05, 4.69) is 12.2 Å². The van der Waals surface area contributed by atoms with Crippen molar-refractivity contribution in [1.29, 1.82) is 0 Å². The molecular weight excluding hydrogens is 208 g/mol. The van der Waals surface area contributed by atoms with E-state index in [1.807, 2.05) is 13.8 Å². The summed E-state index contributed by atoms with van der Waals surface area (Å²) in [4.78, 5) is 21.9. The van der Waals surface area contributed by atoms with Crippen molar-refractivity contribution in [2.75, 3.05) is 0 Å². The molecule has 0 heterocycles. The van der Waals surface area contributed by atoms with Crippen molar-refractivity contribution in [2.24, 2.45) is 11.7 Å². The minimum absolute atomic E-state index is 0.0633. The van der Waals surface area contributed by atoms with Crippen LogP contribution in [-0.4, -0.2) is 29.1 Å². The largest absolute Gasteiger partial charge is 0.481 e. The molecule has 0 aliphatic carbocycles. The molecule has 0 radical (unpaired) electrons. The van der Waals surface area contributed by atoms with Crippen LogP contribution < -0.4 is 11.1 Å². The van der Waals surface area contributed by atoms with Gasteiger partial charge in [-0.3, -0.25) is 9.59 Å². The van der Waals surface area contributed by atoms with Crippen molar-refractivity contribution in [3.8, 4) is 0 Å². The molecule has 0 bridgehead atoms. The third-order valence-corrected chi connectivity index (χ3v) is 2.87. The average molecular weight is 230 g/mol. The summed E-state index contributed by atoms with van der Waals surface area (Å²) in [7, 11) is 0. The number of carbonyl (C=O) groups excluding carboxylic acids is 1. The quantitative estimate of drug-likeness (QED) is 0.601. The first-order valence-corrected chi connectivity index (χ1v) is 5.66. The molecule has 0 aromatic carbocycles. The molecular formula is C11H22N2O3. The van der Waals surface area contributed by atoms with Gasteiger partial charge in [-0.05, 0) is 19.3 Å². The lowest BCUT2D eigenvalue weighted by Crippen LogP contribution is -2.46. The maximum absolute atomic E-state index is 11.6. The molecule has 0 saturated carbocycles. The van der Waals surface area contributed by atoms with Crippen LogP contribution in [0.2, 0.25) is 0 Å². The lowest BCUT2D eigenvalue weighted by atomic mass is 10.0. The SMILES string of the molecule is CCC(C)C(C)NC(=O)C(N)CCC(=O)O. The Kier molecular flexibility index (Phi) is 6.72. The summed E-state index contributed by atoms with van der Waals surface area (Å²) < 4.78 is 0. The topological polar surface area (TPSA) is 92.4 Å². The number of hydrogen-bond donors (Lipinski definition) is 3. The molecule has 4 N–H and O–H groups in total. The highest BCUT2D eigenvalue weighted by Crippen LogP contribution is 2.07. The summed E-state index contributed by atoms with van der Waals surface area (Å²) in [6, 6.07) is -0.670. The predicted molar refractivity (Wildman–Crippen MR) is 61.9 cm³/mol. The van der Waals surface area contributed by atoms with Gasteiger partial charge in [-0.25, -0.2) is 0 Å². The van der Waals surface area contributed by atoms with Crippen LogP contribution in [0.4, 0.5) is 0 Å². The predicted octanol–water partition coefficient (Wildman–Crippen LogP) is 0.729. The maximum Gasteiger partial charge on any atom is 0.303 e. The molecule has 3 unspecified atom stereocenters. The normalized spacial score (nSPS) is 16.2. The van der Waals surface area contributed by atoms with Crippen LogP contribution in [0.5, 0.6) is 0 Å². The zero-order chi connectivity index (χ0) is 12.7. The van der Waals surface area contributed by atoms with Crippen molar-refractivity contribution in [3.63, 3.8) is 0 Å². The van der Waals surface area contributed by atoms with Gasteiger partial charge in [0.25, 0.3) is 0 Å². The van der Waals surface area contributed by atoms with E-state index >= 15 is 0 Å². The van der Waals surface area contributed by atoms with E-state index in [0.717, 1.165) is 6.42 Å². The molecule has 0 saturated heterocycles. The Morgan fingerprint density at radius 1 is 1.38 bits per heavy atom. The second kappa shape index (κ2) is 7.22. The number of carbonyl (C=O) groups is 2. The monoisotopic (exact) mass is 230 g/mol. The summed E-state index contributed by atoms with van der Waals surface area (Å²) >= 11 is 0. The molecule has 16 heavy (non-hydrogen) atoms. The highest BCUT2D eigenvalue weighted by Gasteiger charge is 2.18. The van der Waals surface area contributed by atoms with Crippen molar-refractivity contribution in [2.45, 2.75) is 52.1 Å². The molecule has 0 fully saturated rings. The van der Waals surface area contributed by atoms with Crippen molar-refractivity contribution in [3.05, 3.63) is 0 Å². The van der Waals surface area contributed by atoms with Gasteiger partial charge in [-0.1, -0.05) is 20.3 Å². The molecule has 0 aliphatic heterocycles. The van der Waals surface area contributed by atoms with E-state index < -0.39 is 12.0 Å². The molecule has 0 aliphatic rings. The first-order valence-electron chi connectivity index (χ1n) is 5.66. The van der Waals surface area contributed by atoms with E-state index in [1.165, 1.54) is 0 Å². The number of nitrogens with one attached hydrogen (secondary N) is 1. The minimum atomic E-state index is -0.932. The van der Waals surface area contributed by atoms with Gasteiger partial charge in [-0.15, -0.1) is 0 Å². The van der Waals surface area contributed by atoms with E-state index in [4.69, 9.17) is 10.8 Å². The maximum atomic E-state index is 11.6. The van der Waals surface area contributed by atoms with Gasteiger partial charge in [0.2, 0.25) is 5.91 Å². The summed E-state index contributed by atoms with van der Waals surface area (Å²) in [6.07, 6.45) is 1.08. The van der Waals surface area contributed by atoms with E-state index in [-0.39, 0.29) is 24.8 Å². The molecule has 5 heteroatoms. The smallest absolute Gasteiger partial charge is 0.303 e. The second-order valence-corrected chi connectivity index (χ2v) is 4.22. The van der Waals surface area contributed by atoms with E-state index in [1.54, 1.807) is 0 Å². The molecule has 0 aromatic heterocycles. The zero-order valence-corrected chi connectivity index (χ0v) is 10.2. The average Bonchev–Trinajstić information content (AvgIpc) is 2.24. The third-order valence-electron chi connectivity index (χ3n) is 2.87. The molecule has 3 atom stereocenters. The van der Waals surface area contributed by atoms with E-state index in [9.17, 15) is 9.59 Å². The molecule has 1 amide bonds. The number of carboxylic acid groups (broad SMARTS) is 1. The van der Waals surface area contributed by atoms with Crippen molar-refractivity contribution in [1.82, 2.24) is 5.32 Å². The van der Waals surface area contributed by atoms with E-state index in [0.29, 0.717) is 5.92 Å². The summed E-state index contributed by atoms with van der Waals surface area (Å²) in [6.45, 7) is 6.03. The molecule has 0 spiro atoms. The summed E-state index contributed by atoms with van der Waals surface area (Å²) in [5.41, 5.74) is 5.58. The van der Waals surface area contributed by atoms with Gasteiger partial charge in [0.15, 0.2) is 0 Å². The first-order chi connectivity index (χ1) is 7.38. The Bertz CT molecular complexity index is 243. The first kappa shape index (κ1) is 14.9. The number of amides is 1. The Labute approximate surface area is 96.4 Å². The molecule has 0 aromatic rings. The van der Waals surface area contributed by atoms with Gasteiger partial charge in [0, 0.05) is 12.5 Å². The second-order valence-electron chi connectivity index (χ2n) is 4.22. The highest BCUT2D eigenvalue weighted by atomic mass is 16.4. The van der Waals surface area contributed by atoms with Crippen LogP contribution in [0, 0.1) is 5.92 Å². The van der Waals surface area contributed by atoms with Gasteiger partial charge < -0.3 is 16.2 Å². The molecule has 94 valence electrons. The number of hydrogen-bond acceptors (Lipinski definition) is 3. The fourth-order valence-electron chi connectivity index (χ4n) is 1.24. The zero-order valence-electron chi connectivity index (χ0n) is 10.2. The summed E-state index contributed by atoms with van der Waals surface area (Å²) in [5.74, 6) is -0.817. The number of rotatable bonds is 7. The molecule has 0 rings (SSSR count). The van der Waals surface area contributed by atoms with Crippen molar-refractivity contribution >= 4 is 11.9 Å². The lowest BCUT2D eigenvalue weighted by Gasteiger charge is -2.21. The lowest BCUT2D eigenvalue weighted by molar-refractivity contribution is -0.137. The highest BCUT2D eigenvalue weighted by molar-refractivity contribution is 5.82. The van der Waals surface area contributed by atoms with Crippen LogP contribution in [-0.2, 0) is 9.59 Å². The minimum Gasteiger partial charge on any atom is -0.481 e. The van der Waals surface area contributed by atoms with Crippen LogP contribution in [0.1, 0.15) is 40.0 Å². The van der Waals surface area contributed by atoms with Gasteiger partial charge >= 0.3 is 5.97 Å². The standard InChI is InChI=1S/C11H22N2O3/c1-4-7(2)8(3)13-11(16)9(12)5-6-10(14)15/h7-9H,4-6,12H2,1-3H3,(H,13,16)(H,14,15). The van der Waals surface area contributed by atoms with Crippen LogP contribution >= 0.6 is 0 Å². The van der Waals surface area contributed by atoms with Crippen LogP contribution in [0.3, 0.4) is 0 Å². The van der Waals surface area contributed by atoms with Crippen molar-refractivity contribution < 1.29 is 14.7 Å². The fraction of sp³-hybridized carbons (Fsp3) is 0.818. The Balaban J connectivity index is 4.00.